The highest BCUT2D eigenvalue weighted by Crippen LogP contribution is 2.42. The smallest absolute Gasteiger partial charge is 0.112 e. The number of rotatable bonds is 0. The summed E-state index contributed by atoms with van der Waals surface area (Å²) in [6.07, 6.45) is 6.44. The molecule has 2 unspecified atom stereocenters. The van der Waals surface area contributed by atoms with Crippen LogP contribution < -0.4 is 0 Å². The Morgan fingerprint density at radius 1 is 1.10 bits per heavy atom. The van der Waals surface area contributed by atoms with E-state index in [9.17, 15) is 0 Å². The summed E-state index contributed by atoms with van der Waals surface area (Å²) < 4.78 is 0. The molecule has 0 amide bonds. The van der Waals surface area contributed by atoms with E-state index in [-0.39, 0.29) is 0 Å². The van der Waals surface area contributed by atoms with E-state index >= 15 is 0 Å². The molecule has 0 nitrogen and oxygen atoms in total. The van der Waals surface area contributed by atoms with E-state index in [4.69, 9.17) is 0 Å². The van der Waals surface area contributed by atoms with Crippen molar-refractivity contribution in [3.05, 3.63) is 0 Å². The maximum absolute atomic E-state index is 3.19. The lowest BCUT2D eigenvalue weighted by Crippen LogP contribution is -2.25. The van der Waals surface area contributed by atoms with Gasteiger partial charge in [-0.3, -0.25) is 0 Å². The molecule has 2 rings (SSSR count). The van der Waals surface area contributed by atoms with E-state index in [2.05, 4.69) is 19.1 Å². The number of hydrogen-bond donors (Lipinski definition) is 0. The van der Waals surface area contributed by atoms with Gasteiger partial charge in [0.2, 0.25) is 0 Å². The summed E-state index contributed by atoms with van der Waals surface area (Å²) in [5, 5.41) is 0. The van der Waals surface area contributed by atoms with E-state index < -0.39 is 0 Å². The minimum atomic E-state index is 0.939. The van der Waals surface area contributed by atoms with E-state index in [0.717, 1.165) is 24.5 Å². The molecular weight excluding hydrogens is 119 g/mol. The average molecular weight is 131 g/mol. The fraction of sp³-hybridized carbons (Fsp3) is 0.778. The Morgan fingerprint density at radius 3 is 2.90 bits per heavy atom. The monoisotopic (exact) mass is 131 g/mol. The van der Waals surface area contributed by atoms with E-state index in [1.807, 2.05) is 0 Å². The Hall–Kier alpha value is -0.375. The highest BCUT2D eigenvalue weighted by Gasteiger charge is 2.29. The minimum Gasteiger partial charge on any atom is -0.112 e. The predicted molar refractivity (Wildman–Crippen MR) is 44.0 cm³/mol. The van der Waals surface area contributed by atoms with Crippen molar-refractivity contribution in [3.63, 3.8) is 0 Å². The van der Waals surface area contributed by atoms with Crippen molar-refractivity contribution < 1.29 is 0 Å². The lowest BCUT2D eigenvalue weighted by Gasteiger charge is -2.36. The lowest BCUT2D eigenvalue weighted by molar-refractivity contribution is 0.297. The van der Waals surface area contributed by atoms with Crippen molar-refractivity contribution in [1.82, 2.24) is 0 Å². The van der Waals surface area contributed by atoms with Crippen molar-refractivity contribution >= 4 is 7.28 Å². The Kier molecular flexibility index (Phi) is 1.71. The van der Waals surface area contributed by atoms with Gasteiger partial charge in [0.1, 0.15) is 7.28 Å². The molecule has 0 spiro atoms. The van der Waals surface area contributed by atoms with E-state index in [1.165, 1.54) is 19.3 Å². The Bertz CT molecular complexity index is 157. The third-order valence-electron chi connectivity index (χ3n) is 2.76. The van der Waals surface area contributed by atoms with Crippen LogP contribution in [0.3, 0.4) is 0 Å². The van der Waals surface area contributed by atoms with E-state index in [1.54, 1.807) is 0 Å². The molecule has 1 aliphatic heterocycles. The first-order chi connectivity index (χ1) is 4.97. The molecule has 1 heteroatoms. The van der Waals surface area contributed by atoms with Gasteiger partial charge in [0.25, 0.3) is 0 Å². The molecule has 1 aliphatic carbocycles. The molecule has 51 valence electrons. The molecule has 1 fully saturated rings. The molecule has 1 heterocycles. The zero-order valence-corrected chi connectivity index (χ0v) is 6.27. The largest absolute Gasteiger partial charge is 0.130 e. The van der Waals surface area contributed by atoms with Crippen LogP contribution in [-0.4, -0.2) is 7.28 Å². The molecule has 0 aromatic rings. The minimum absolute atomic E-state index is 0.939. The van der Waals surface area contributed by atoms with Gasteiger partial charge in [0.05, 0.1) is 0 Å². The van der Waals surface area contributed by atoms with Crippen LogP contribution in [0.1, 0.15) is 25.7 Å². The summed E-state index contributed by atoms with van der Waals surface area (Å²) in [6, 6.07) is 0. The summed E-state index contributed by atoms with van der Waals surface area (Å²) in [6.45, 7) is 0. The van der Waals surface area contributed by atoms with Gasteiger partial charge in [-0.15, -0.1) is 11.8 Å². The third-order valence-corrected chi connectivity index (χ3v) is 2.76. The van der Waals surface area contributed by atoms with E-state index in [0.29, 0.717) is 0 Å². The summed E-state index contributed by atoms with van der Waals surface area (Å²) >= 11 is 0. The first kappa shape index (κ1) is 6.34. The van der Waals surface area contributed by atoms with Crippen LogP contribution in [0.15, 0.2) is 0 Å². The van der Waals surface area contributed by atoms with Crippen LogP contribution in [-0.2, 0) is 0 Å². The van der Waals surface area contributed by atoms with Crippen LogP contribution in [0.25, 0.3) is 0 Å². The fourth-order valence-electron chi connectivity index (χ4n) is 1.89. The van der Waals surface area contributed by atoms with Crippen molar-refractivity contribution in [3.8, 4) is 11.8 Å². The van der Waals surface area contributed by atoms with Crippen molar-refractivity contribution in [2.45, 2.75) is 37.8 Å². The third kappa shape index (κ3) is 1.08. The lowest BCUT2D eigenvalue weighted by atomic mass is 9.48. The van der Waals surface area contributed by atoms with Crippen LogP contribution in [0.5, 0.6) is 0 Å². The Morgan fingerprint density at radius 2 is 2.10 bits per heavy atom. The summed E-state index contributed by atoms with van der Waals surface area (Å²) in [5.74, 6) is 8.31. The molecule has 0 saturated heterocycles. The molecule has 1 radical (unpaired) electrons. The Labute approximate surface area is 63.6 Å². The summed E-state index contributed by atoms with van der Waals surface area (Å²) in [5.41, 5.74) is 0. The van der Waals surface area contributed by atoms with Gasteiger partial charge >= 0.3 is 0 Å². The molecule has 2 aliphatic rings. The Balaban J connectivity index is 1.96. The number of fused-ring (bicyclic) bond motifs is 1. The van der Waals surface area contributed by atoms with Gasteiger partial charge in [-0.2, -0.15) is 0 Å². The van der Waals surface area contributed by atoms with Crippen LogP contribution >= 0.6 is 0 Å². The molecule has 0 N–H and O–H groups in total. The first-order valence-electron chi connectivity index (χ1n) is 4.26. The maximum atomic E-state index is 3.19. The molecule has 0 aromatic heterocycles. The fourth-order valence-corrected chi connectivity index (χ4v) is 1.89. The van der Waals surface area contributed by atoms with Crippen LogP contribution in [0, 0.1) is 17.8 Å². The molecule has 2 atom stereocenters. The van der Waals surface area contributed by atoms with Crippen molar-refractivity contribution in [2.24, 2.45) is 5.92 Å². The van der Waals surface area contributed by atoms with Gasteiger partial charge in [-0.1, -0.05) is 18.7 Å². The second-order valence-corrected chi connectivity index (χ2v) is 3.33. The standard InChI is InChI=1S/C9H12B/c1-2-4-8-5-6-9(8)10-7-3-1/h8-9H,2,4-7H2. The topological polar surface area (TPSA) is 0 Å². The van der Waals surface area contributed by atoms with Crippen LogP contribution in [0.4, 0.5) is 0 Å². The quantitative estimate of drug-likeness (QED) is 0.348. The molecule has 10 heavy (non-hydrogen) atoms. The highest BCUT2D eigenvalue weighted by molar-refractivity contribution is 6.39. The second kappa shape index (κ2) is 2.70. The highest BCUT2D eigenvalue weighted by atomic mass is 14.3. The van der Waals surface area contributed by atoms with Gasteiger partial charge in [0, 0.05) is 6.42 Å². The van der Waals surface area contributed by atoms with Crippen LogP contribution in [0.2, 0.25) is 12.1 Å². The van der Waals surface area contributed by atoms with Gasteiger partial charge < -0.3 is 0 Å². The molecular formula is C9H12B. The normalized spacial score (nSPS) is 36.8. The maximum Gasteiger partial charge on any atom is 0.130 e. The second-order valence-electron chi connectivity index (χ2n) is 3.33. The first-order valence-corrected chi connectivity index (χ1v) is 4.26. The molecule has 1 saturated carbocycles. The average Bonchev–Trinajstić information content (AvgIpc) is 1.89. The zero-order chi connectivity index (χ0) is 6.81. The van der Waals surface area contributed by atoms with Gasteiger partial charge in [-0.25, -0.2) is 0 Å². The molecule has 0 bridgehead atoms. The number of hydrogen-bond acceptors (Lipinski definition) is 0. The van der Waals surface area contributed by atoms with Crippen molar-refractivity contribution in [2.75, 3.05) is 0 Å². The summed E-state index contributed by atoms with van der Waals surface area (Å²) in [4.78, 5) is 0. The molecule has 0 aromatic carbocycles. The van der Waals surface area contributed by atoms with Gasteiger partial charge in [-0.05, 0) is 18.7 Å². The van der Waals surface area contributed by atoms with Crippen molar-refractivity contribution in [1.29, 1.82) is 0 Å². The summed E-state index contributed by atoms with van der Waals surface area (Å²) in [7, 11) is 2.42. The van der Waals surface area contributed by atoms with Gasteiger partial charge in [0.15, 0.2) is 0 Å². The zero-order valence-electron chi connectivity index (χ0n) is 6.27. The SMILES string of the molecule is [B]1CC#CCCC2CCC12. The predicted octanol–water partition coefficient (Wildman–Crippen LogP) is 2.10.